The number of tetrazole rings is 1. The average molecular weight is 523 g/mol. The van der Waals surface area contributed by atoms with Crippen LogP contribution in [0.3, 0.4) is 0 Å². The Hall–Kier alpha value is -5.25. The van der Waals surface area contributed by atoms with Crippen LogP contribution in [0, 0.1) is 6.92 Å². The maximum absolute atomic E-state index is 13.9. The normalized spacial score (nSPS) is 11.6. The molecule has 10 heteroatoms. The maximum Gasteiger partial charge on any atom is 0.251 e. The summed E-state index contributed by atoms with van der Waals surface area (Å²) >= 11 is 0. The topological polar surface area (TPSA) is 126 Å². The van der Waals surface area contributed by atoms with E-state index in [0.717, 1.165) is 5.56 Å². The Morgan fingerprint density at radius 2 is 1.64 bits per heavy atom. The highest BCUT2D eigenvalue weighted by Gasteiger charge is 2.33. The van der Waals surface area contributed by atoms with Crippen molar-refractivity contribution in [1.29, 1.82) is 0 Å². The van der Waals surface area contributed by atoms with Crippen molar-refractivity contribution in [3.8, 4) is 17.3 Å². The molecule has 3 aromatic carbocycles. The lowest BCUT2D eigenvalue weighted by Gasteiger charge is -2.31. The van der Waals surface area contributed by atoms with Crippen LogP contribution in [-0.2, 0) is 22.7 Å². The molecule has 39 heavy (non-hydrogen) atoms. The zero-order chi connectivity index (χ0) is 27.2. The van der Waals surface area contributed by atoms with Gasteiger partial charge in [-0.05, 0) is 59.7 Å². The van der Waals surface area contributed by atoms with Crippen molar-refractivity contribution in [1.82, 2.24) is 25.5 Å². The van der Waals surface area contributed by atoms with E-state index in [-0.39, 0.29) is 30.6 Å². The number of aromatic hydroxyl groups is 1. The number of phenols is 1. The van der Waals surface area contributed by atoms with Crippen LogP contribution in [0.5, 0.6) is 5.75 Å². The van der Waals surface area contributed by atoms with E-state index in [2.05, 4.69) is 20.7 Å². The zero-order valence-electron chi connectivity index (χ0n) is 21.1. The fraction of sp³-hybridized carbons (Fsp3) is 0.138. The van der Waals surface area contributed by atoms with Crippen LogP contribution >= 0.6 is 0 Å². The van der Waals surface area contributed by atoms with Crippen LogP contribution in [0.2, 0.25) is 0 Å². The van der Waals surface area contributed by atoms with E-state index in [9.17, 15) is 14.7 Å². The molecule has 1 atom stereocenters. The molecule has 2 heterocycles. The van der Waals surface area contributed by atoms with Crippen molar-refractivity contribution in [3.05, 3.63) is 114 Å². The smallest absolute Gasteiger partial charge is 0.251 e. The number of carbonyl (C=O) groups excluding carboxylic acids is 2. The van der Waals surface area contributed by atoms with Gasteiger partial charge in [0.05, 0.1) is 0 Å². The Balaban J connectivity index is 1.48. The van der Waals surface area contributed by atoms with Gasteiger partial charge in [-0.25, -0.2) is 0 Å². The number of hydrogen-bond acceptors (Lipinski definition) is 7. The number of phenolic OH excluding ortho intramolecular Hbond substituents is 1. The first-order chi connectivity index (χ1) is 19.0. The summed E-state index contributed by atoms with van der Waals surface area (Å²) < 4.78 is 5.56. The minimum absolute atomic E-state index is 0.0484. The van der Waals surface area contributed by atoms with Crippen molar-refractivity contribution < 1.29 is 19.1 Å². The van der Waals surface area contributed by atoms with E-state index in [1.54, 1.807) is 48.5 Å². The van der Waals surface area contributed by atoms with Crippen molar-refractivity contribution in [3.63, 3.8) is 0 Å². The fourth-order valence-electron chi connectivity index (χ4n) is 4.14. The lowest BCUT2D eigenvalue weighted by Crippen LogP contribution is -2.45. The first-order valence-electron chi connectivity index (χ1n) is 12.3. The summed E-state index contributed by atoms with van der Waals surface area (Å²) in [5.41, 5.74) is 1.95. The number of amides is 2. The van der Waals surface area contributed by atoms with Crippen LogP contribution in [-0.4, -0.2) is 37.1 Å². The van der Waals surface area contributed by atoms with Gasteiger partial charge < -0.3 is 14.8 Å². The Morgan fingerprint density at radius 3 is 2.31 bits per heavy atom. The number of furan rings is 1. The number of nitrogens with zero attached hydrogens (tertiary/aromatic N) is 5. The first kappa shape index (κ1) is 25.4. The molecule has 2 aromatic heterocycles. The third-order valence-electron chi connectivity index (χ3n) is 6.02. The summed E-state index contributed by atoms with van der Waals surface area (Å²) in [4.78, 5) is 30.2. The van der Waals surface area contributed by atoms with Crippen LogP contribution < -0.4 is 10.2 Å². The molecule has 10 nitrogen and oxygen atoms in total. The maximum atomic E-state index is 13.9. The minimum atomic E-state index is -1.04. The number of para-hydroxylation sites is 1. The SMILES string of the molecule is Cc1ccc(-c2nnn(CC(=O)N(c3ccccc3)[C@H](C(=O)NCc3ccccc3)c3ccc(O)cc3)n2)o1. The third kappa shape index (κ3) is 6.02. The summed E-state index contributed by atoms with van der Waals surface area (Å²) in [7, 11) is 0. The van der Waals surface area contributed by atoms with Gasteiger partial charge >= 0.3 is 0 Å². The summed E-state index contributed by atoms with van der Waals surface area (Å²) in [6, 6.07) is 27.1. The van der Waals surface area contributed by atoms with Gasteiger partial charge in [-0.3, -0.25) is 14.5 Å². The predicted octanol–water partition coefficient (Wildman–Crippen LogP) is 4.04. The molecule has 0 unspecified atom stereocenters. The summed E-state index contributed by atoms with van der Waals surface area (Å²) in [6.07, 6.45) is 0. The molecular weight excluding hydrogens is 496 g/mol. The molecule has 0 fully saturated rings. The van der Waals surface area contributed by atoms with Crippen molar-refractivity contribution in [2.24, 2.45) is 0 Å². The van der Waals surface area contributed by atoms with Crippen LogP contribution in [0.4, 0.5) is 5.69 Å². The van der Waals surface area contributed by atoms with Crippen LogP contribution in [0.15, 0.2) is 101 Å². The molecule has 2 N–H and O–H groups in total. The number of rotatable bonds is 9. The van der Waals surface area contributed by atoms with Gasteiger partial charge in [0.2, 0.25) is 11.7 Å². The predicted molar refractivity (Wildman–Crippen MR) is 143 cm³/mol. The molecule has 0 spiro atoms. The Morgan fingerprint density at radius 1 is 0.949 bits per heavy atom. The van der Waals surface area contributed by atoms with E-state index < -0.39 is 11.9 Å². The highest BCUT2D eigenvalue weighted by molar-refractivity contribution is 6.01. The molecule has 196 valence electrons. The number of benzene rings is 3. The van der Waals surface area contributed by atoms with Crippen molar-refractivity contribution in [2.45, 2.75) is 26.1 Å². The second-order valence-electron chi connectivity index (χ2n) is 8.85. The highest BCUT2D eigenvalue weighted by atomic mass is 16.3. The summed E-state index contributed by atoms with van der Waals surface area (Å²) in [5, 5.41) is 25.1. The largest absolute Gasteiger partial charge is 0.508 e. The fourth-order valence-corrected chi connectivity index (χ4v) is 4.14. The standard InChI is InChI=1S/C29H26N6O4/c1-20-12-17-25(39-20)28-31-33-34(32-28)19-26(37)35(23-10-6-3-7-11-23)27(22-13-15-24(36)16-14-22)29(38)30-18-21-8-4-2-5-9-21/h2-17,27,36H,18-19H2,1H3,(H,30,38)/t27-/m0/s1. The van der Waals surface area contributed by atoms with Gasteiger partial charge in [0, 0.05) is 12.2 Å². The third-order valence-corrected chi connectivity index (χ3v) is 6.02. The lowest BCUT2D eigenvalue weighted by molar-refractivity contribution is -0.127. The number of carbonyl (C=O) groups is 2. The molecule has 5 aromatic rings. The van der Waals surface area contributed by atoms with E-state index in [1.807, 2.05) is 43.3 Å². The van der Waals surface area contributed by atoms with Gasteiger partial charge in [-0.15, -0.1) is 10.2 Å². The Bertz CT molecular complexity index is 1550. The molecule has 0 saturated carbocycles. The van der Waals surface area contributed by atoms with E-state index in [1.165, 1.54) is 21.8 Å². The molecule has 0 aliphatic heterocycles. The monoisotopic (exact) mass is 522 g/mol. The number of aromatic nitrogens is 4. The number of nitrogens with one attached hydrogen (secondary N) is 1. The van der Waals surface area contributed by atoms with Gasteiger partial charge in [-0.2, -0.15) is 4.80 Å². The number of anilines is 1. The molecule has 2 amide bonds. The van der Waals surface area contributed by atoms with Crippen LogP contribution in [0.1, 0.15) is 22.9 Å². The van der Waals surface area contributed by atoms with Gasteiger partial charge in [0.15, 0.2) is 5.76 Å². The molecular formula is C29H26N6O4. The van der Waals surface area contributed by atoms with Gasteiger partial charge in [0.1, 0.15) is 24.1 Å². The quantitative estimate of drug-likeness (QED) is 0.299. The minimum Gasteiger partial charge on any atom is -0.508 e. The van der Waals surface area contributed by atoms with Crippen molar-refractivity contribution >= 4 is 17.5 Å². The van der Waals surface area contributed by atoms with E-state index in [0.29, 0.717) is 22.8 Å². The molecule has 5 rings (SSSR count). The molecule has 0 aliphatic carbocycles. The first-order valence-corrected chi connectivity index (χ1v) is 12.3. The zero-order valence-corrected chi connectivity index (χ0v) is 21.1. The molecule has 0 aliphatic rings. The van der Waals surface area contributed by atoms with E-state index in [4.69, 9.17) is 4.42 Å². The average Bonchev–Trinajstić information content (AvgIpc) is 3.61. The number of aryl methyl sites for hydroxylation is 1. The lowest BCUT2D eigenvalue weighted by atomic mass is 10.0. The van der Waals surface area contributed by atoms with Gasteiger partial charge in [0.25, 0.3) is 5.91 Å². The highest BCUT2D eigenvalue weighted by Crippen LogP contribution is 2.29. The molecule has 0 bridgehead atoms. The van der Waals surface area contributed by atoms with Gasteiger partial charge in [-0.1, -0.05) is 60.7 Å². The number of hydrogen-bond donors (Lipinski definition) is 2. The molecule has 0 radical (unpaired) electrons. The Kier molecular flexibility index (Phi) is 7.44. The second kappa shape index (κ2) is 11.4. The molecule has 0 saturated heterocycles. The van der Waals surface area contributed by atoms with Crippen molar-refractivity contribution in [2.75, 3.05) is 4.90 Å². The second-order valence-corrected chi connectivity index (χ2v) is 8.85. The van der Waals surface area contributed by atoms with E-state index >= 15 is 0 Å². The summed E-state index contributed by atoms with van der Waals surface area (Å²) in [6.45, 7) is 1.81. The summed E-state index contributed by atoms with van der Waals surface area (Å²) in [5.74, 6) is 0.609. The Labute approximate surface area is 224 Å². The van der Waals surface area contributed by atoms with Crippen LogP contribution in [0.25, 0.3) is 11.6 Å².